The van der Waals surface area contributed by atoms with E-state index in [0.29, 0.717) is 11.6 Å². The second kappa shape index (κ2) is 5.91. The molecule has 108 valence electrons. The van der Waals surface area contributed by atoms with E-state index in [1.165, 1.54) is 0 Å². The molecule has 0 saturated carbocycles. The van der Waals surface area contributed by atoms with Crippen LogP contribution in [0.5, 0.6) is 0 Å². The Hall–Kier alpha value is -1.79. The lowest BCUT2D eigenvalue weighted by atomic mass is 10.3. The monoisotopic (exact) mass is 319 g/mol. The van der Waals surface area contributed by atoms with Crippen molar-refractivity contribution >= 4 is 34.4 Å². The van der Waals surface area contributed by atoms with Gasteiger partial charge in [-0.2, -0.15) is 0 Å². The predicted molar refractivity (Wildman–Crippen MR) is 85.5 cm³/mol. The molecule has 3 rings (SSSR count). The van der Waals surface area contributed by atoms with E-state index in [2.05, 4.69) is 26.3 Å². The molecule has 0 N–H and O–H groups in total. The van der Waals surface area contributed by atoms with E-state index in [0.717, 1.165) is 27.8 Å². The van der Waals surface area contributed by atoms with E-state index in [1.807, 2.05) is 35.9 Å². The summed E-state index contributed by atoms with van der Waals surface area (Å²) in [6, 6.07) is 5.74. The zero-order chi connectivity index (χ0) is 14.8. The highest BCUT2D eigenvalue weighted by Gasteiger charge is 2.11. The summed E-state index contributed by atoms with van der Waals surface area (Å²) in [5, 5.41) is 9.61. The number of hydrogen-bond acceptors (Lipinski definition) is 4. The molecule has 0 atom stereocenters. The second-order valence-corrected chi connectivity index (χ2v) is 5.94. The Morgan fingerprint density at radius 1 is 1.43 bits per heavy atom. The molecule has 0 unspecified atom stereocenters. The van der Waals surface area contributed by atoms with Crippen molar-refractivity contribution in [1.82, 2.24) is 24.3 Å². The molecule has 0 aliphatic carbocycles. The fourth-order valence-electron chi connectivity index (χ4n) is 2.10. The van der Waals surface area contributed by atoms with Crippen LogP contribution in [0.3, 0.4) is 0 Å². The first-order valence-corrected chi connectivity index (χ1v) is 7.77. The van der Waals surface area contributed by atoms with Crippen LogP contribution >= 0.6 is 23.4 Å². The molecular formula is C14H14ClN5S. The number of halogens is 1. The predicted octanol–water partition coefficient (Wildman–Crippen LogP) is 3.30. The Bertz CT molecular complexity index is 792. The molecule has 0 amide bonds. The normalized spacial score (nSPS) is 11.1. The molecule has 0 fully saturated rings. The van der Waals surface area contributed by atoms with Crippen molar-refractivity contribution < 1.29 is 0 Å². The van der Waals surface area contributed by atoms with E-state index in [4.69, 9.17) is 11.6 Å². The summed E-state index contributed by atoms with van der Waals surface area (Å²) >= 11 is 7.61. The average Bonchev–Trinajstić information content (AvgIpc) is 3.02. The lowest BCUT2D eigenvalue weighted by Gasteiger charge is -2.03. The number of hydrogen-bond donors (Lipinski definition) is 0. The van der Waals surface area contributed by atoms with Crippen molar-refractivity contribution in [1.29, 1.82) is 0 Å². The average molecular weight is 320 g/mol. The maximum Gasteiger partial charge on any atom is 0.191 e. The van der Waals surface area contributed by atoms with Crippen LogP contribution in [0.4, 0.5) is 0 Å². The van der Waals surface area contributed by atoms with Crippen molar-refractivity contribution in [3.8, 4) is 0 Å². The Morgan fingerprint density at radius 2 is 2.29 bits per heavy atom. The van der Waals surface area contributed by atoms with Gasteiger partial charge in [0.2, 0.25) is 0 Å². The van der Waals surface area contributed by atoms with E-state index in [9.17, 15) is 0 Å². The highest BCUT2D eigenvalue weighted by molar-refractivity contribution is 7.98. The quantitative estimate of drug-likeness (QED) is 0.535. The molecule has 0 radical (unpaired) electrons. The zero-order valence-electron chi connectivity index (χ0n) is 11.5. The van der Waals surface area contributed by atoms with Crippen LogP contribution in [-0.2, 0) is 19.3 Å². The lowest BCUT2D eigenvalue weighted by Crippen LogP contribution is -1.99. The lowest BCUT2D eigenvalue weighted by molar-refractivity contribution is 0.724. The first-order chi connectivity index (χ1) is 10.2. The molecule has 3 aromatic rings. The number of aromatic nitrogens is 5. The van der Waals surface area contributed by atoms with Crippen molar-refractivity contribution in [3.05, 3.63) is 48.0 Å². The molecule has 5 nitrogen and oxygen atoms in total. The molecule has 0 spiro atoms. The maximum atomic E-state index is 6.01. The Morgan fingerprint density at radius 3 is 3.10 bits per heavy atom. The molecule has 1 aromatic carbocycles. The molecule has 21 heavy (non-hydrogen) atoms. The van der Waals surface area contributed by atoms with Crippen molar-refractivity contribution in [2.45, 2.75) is 17.5 Å². The van der Waals surface area contributed by atoms with Crippen molar-refractivity contribution in [2.24, 2.45) is 7.05 Å². The highest BCUT2D eigenvalue weighted by atomic mass is 35.5. The van der Waals surface area contributed by atoms with Gasteiger partial charge in [-0.15, -0.1) is 16.8 Å². The molecule has 2 aromatic heterocycles. The van der Waals surface area contributed by atoms with Gasteiger partial charge in [0.1, 0.15) is 12.2 Å². The van der Waals surface area contributed by atoms with Crippen LogP contribution < -0.4 is 0 Å². The minimum absolute atomic E-state index is 0.700. The Balaban J connectivity index is 1.83. The minimum atomic E-state index is 0.700. The van der Waals surface area contributed by atoms with Crippen LogP contribution in [0.1, 0.15) is 5.82 Å². The summed E-state index contributed by atoms with van der Waals surface area (Å²) < 4.78 is 4.03. The van der Waals surface area contributed by atoms with Gasteiger partial charge in [0.25, 0.3) is 0 Å². The minimum Gasteiger partial charge on any atom is -0.330 e. The summed E-state index contributed by atoms with van der Waals surface area (Å²) in [4.78, 5) is 4.63. The Kier molecular flexibility index (Phi) is 3.98. The highest BCUT2D eigenvalue weighted by Crippen LogP contribution is 2.24. The van der Waals surface area contributed by atoms with Crippen molar-refractivity contribution in [2.75, 3.05) is 0 Å². The van der Waals surface area contributed by atoms with Crippen molar-refractivity contribution in [3.63, 3.8) is 0 Å². The van der Waals surface area contributed by atoms with E-state index < -0.39 is 0 Å². The van der Waals surface area contributed by atoms with Gasteiger partial charge in [-0.1, -0.05) is 29.4 Å². The summed E-state index contributed by atoms with van der Waals surface area (Å²) in [5.74, 6) is 1.70. The Labute approximate surface area is 131 Å². The number of aryl methyl sites for hydroxylation is 1. The molecule has 0 bridgehead atoms. The van der Waals surface area contributed by atoms with Crippen LogP contribution in [0.15, 0.2) is 42.3 Å². The zero-order valence-corrected chi connectivity index (χ0v) is 13.1. The number of imidazole rings is 1. The summed E-state index contributed by atoms with van der Waals surface area (Å²) in [5.41, 5.74) is 1.98. The van der Waals surface area contributed by atoms with Gasteiger partial charge < -0.3 is 9.13 Å². The molecule has 0 aliphatic heterocycles. The van der Waals surface area contributed by atoms with Crippen LogP contribution in [-0.4, -0.2) is 24.3 Å². The van der Waals surface area contributed by atoms with Crippen LogP contribution in [0, 0.1) is 0 Å². The molecule has 0 aliphatic rings. The summed E-state index contributed by atoms with van der Waals surface area (Å²) in [6.07, 6.45) is 3.53. The first-order valence-electron chi connectivity index (χ1n) is 6.41. The van der Waals surface area contributed by atoms with E-state index in [-0.39, 0.29) is 0 Å². The number of allylic oxidation sites excluding steroid dienone is 1. The van der Waals surface area contributed by atoms with E-state index >= 15 is 0 Å². The number of rotatable bonds is 5. The summed E-state index contributed by atoms with van der Waals surface area (Å²) in [7, 11) is 2.01. The second-order valence-electron chi connectivity index (χ2n) is 4.56. The third-order valence-electron chi connectivity index (χ3n) is 3.17. The fourth-order valence-corrected chi connectivity index (χ4v) is 3.18. The topological polar surface area (TPSA) is 48.5 Å². The fraction of sp³-hybridized carbons (Fsp3) is 0.214. The first kappa shape index (κ1) is 14.2. The van der Waals surface area contributed by atoms with Gasteiger partial charge in [0.05, 0.1) is 16.8 Å². The number of nitrogens with zero attached hydrogens (tertiary/aromatic N) is 5. The third-order valence-corrected chi connectivity index (χ3v) is 4.38. The molecular weight excluding hydrogens is 306 g/mol. The largest absolute Gasteiger partial charge is 0.330 e. The van der Waals surface area contributed by atoms with E-state index in [1.54, 1.807) is 18.1 Å². The number of thioether (sulfide) groups is 1. The molecule has 2 heterocycles. The summed E-state index contributed by atoms with van der Waals surface area (Å²) in [6.45, 7) is 4.43. The van der Waals surface area contributed by atoms with Gasteiger partial charge >= 0.3 is 0 Å². The molecule has 7 heteroatoms. The number of fused-ring (bicyclic) bond motifs is 1. The van der Waals surface area contributed by atoms with Gasteiger partial charge in [0, 0.05) is 18.6 Å². The SMILES string of the molecule is C=CCn1cnnc1SCc1nc2cc(Cl)ccc2n1C. The molecule has 0 saturated heterocycles. The van der Waals surface area contributed by atoms with Gasteiger partial charge in [-0.3, -0.25) is 0 Å². The third kappa shape index (κ3) is 2.82. The van der Waals surface area contributed by atoms with Gasteiger partial charge in [-0.25, -0.2) is 4.98 Å². The maximum absolute atomic E-state index is 6.01. The van der Waals surface area contributed by atoms with Crippen LogP contribution in [0.25, 0.3) is 11.0 Å². The smallest absolute Gasteiger partial charge is 0.191 e. The van der Waals surface area contributed by atoms with Gasteiger partial charge in [-0.05, 0) is 18.2 Å². The number of benzene rings is 1. The van der Waals surface area contributed by atoms with Crippen LogP contribution in [0.2, 0.25) is 5.02 Å². The van der Waals surface area contributed by atoms with Gasteiger partial charge in [0.15, 0.2) is 5.16 Å². The standard InChI is InChI=1S/C14H14ClN5S/c1-3-6-20-9-16-18-14(20)21-8-13-17-11-7-10(15)4-5-12(11)19(13)2/h3-5,7,9H,1,6,8H2,2H3.